The molecule has 1 unspecified atom stereocenters. The van der Waals surface area contributed by atoms with E-state index >= 15 is 0 Å². The van der Waals surface area contributed by atoms with Crippen LogP contribution >= 0.6 is 0 Å². The second kappa shape index (κ2) is 5.44. The van der Waals surface area contributed by atoms with Crippen molar-refractivity contribution in [1.82, 2.24) is 15.0 Å². The van der Waals surface area contributed by atoms with Crippen molar-refractivity contribution in [2.75, 3.05) is 0 Å². The molecule has 1 heterocycles. The lowest BCUT2D eigenvalue weighted by molar-refractivity contribution is -0.141. The van der Waals surface area contributed by atoms with E-state index in [-0.39, 0.29) is 0 Å². The summed E-state index contributed by atoms with van der Waals surface area (Å²) in [7, 11) is 0. The number of carboxylic acids is 1. The Hall–Kier alpha value is -2.17. The number of aliphatic carboxylic acids is 1. The molecule has 94 valence electrons. The van der Waals surface area contributed by atoms with Gasteiger partial charge in [-0.05, 0) is 5.56 Å². The molecule has 2 aromatic rings. The summed E-state index contributed by atoms with van der Waals surface area (Å²) in [6.45, 7) is 2.30. The monoisotopic (exact) mass is 245 g/mol. The van der Waals surface area contributed by atoms with E-state index in [1.807, 2.05) is 30.3 Å². The zero-order chi connectivity index (χ0) is 13.0. The van der Waals surface area contributed by atoms with Crippen LogP contribution in [-0.4, -0.2) is 26.1 Å². The molecule has 18 heavy (non-hydrogen) atoms. The van der Waals surface area contributed by atoms with E-state index in [4.69, 9.17) is 5.11 Å². The zero-order valence-corrected chi connectivity index (χ0v) is 10.2. The van der Waals surface area contributed by atoms with Crippen molar-refractivity contribution in [2.24, 2.45) is 5.92 Å². The van der Waals surface area contributed by atoms with Gasteiger partial charge in [0.25, 0.3) is 0 Å². The van der Waals surface area contributed by atoms with Crippen LogP contribution in [0.3, 0.4) is 0 Å². The molecule has 0 amide bonds. The first-order valence-electron chi connectivity index (χ1n) is 5.81. The van der Waals surface area contributed by atoms with Gasteiger partial charge in [0.05, 0.1) is 24.4 Å². The normalized spacial score (nSPS) is 12.3. The third-order valence-electron chi connectivity index (χ3n) is 2.81. The zero-order valence-electron chi connectivity index (χ0n) is 10.2. The fourth-order valence-electron chi connectivity index (χ4n) is 1.73. The van der Waals surface area contributed by atoms with E-state index in [9.17, 15) is 4.79 Å². The summed E-state index contributed by atoms with van der Waals surface area (Å²) in [5, 5.41) is 16.8. The molecule has 0 aliphatic rings. The summed E-state index contributed by atoms with van der Waals surface area (Å²) in [5.74, 6) is -1.24. The first-order chi connectivity index (χ1) is 8.66. The van der Waals surface area contributed by atoms with Crippen LogP contribution in [0.15, 0.2) is 36.5 Å². The second-order valence-electron chi connectivity index (χ2n) is 4.31. The lowest BCUT2D eigenvalue weighted by Gasteiger charge is -2.08. The Labute approximate surface area is 105 Å². The van der Waals surface area contributed by atoms with Crippen molar-refractivity contribution >= 4 is 5.97 Å². The Bertz CT molecular complexity index is 522. The molecule has 5 heteroatoms. The van der Waals surface area contributed by atoms with Crippen molar-refractivity contribution in [2.45, 2.75) is 19.9 Å². The van der Waals surface area contributed by atoms with Gasteiger partial charge in [0.2, 0.25) is 0 Å². The summed E-state index contributed by atoms with van der Waals surface area (Å²) in [5.41, 5.74) is 1.96. The van der Waals surface area contributed by atoms with Crippen LogP contribution in [0.25, 0.3) is 0 Å². The number of hydrogen-bond donors (Lipinski definition) is 1. The molecular weight excluding hydrogens is 230 g/mol. The van der Waals surface area contributed by atoms with Gasteiger partial charge in [-0.25, -0.2) is 4.68 Å². The predicted octanol–water partition coefficient (Wildman–Crippen LogP) is 1.59. The summed E-state index contributed by atoms with van der Waals surface area (Å²) >= 11 is 0. The molecule has 5 nitrogen and oxygen atoms in total. The maximum Gasteiger partial charge on any atom is 0.306 e. The number of aromatic nitrogens is 3. The molecule has 1 atom stereocenters. The van der Waals surface area contributed by atoms with Crippen LogP contribution in [0, 0.1) is 5.92 Å². The van der Waals surface area contributed by atoms with Crippen LogP contribution in [0.2, 0.25) is 0 Å². The topological polar surface area (TPSA) is 68.0 Å². The molecule has 0 radical (unpaired) electrons. The summed E-state index contributed by atoms with van der Waals surface area (Å²) in [6.07, 6.45) is 2.07. The number of carboxylic acid groups (broad SMARTS) is 1. The van der Waals surface area contributed by atoms with Gasteiger partial charge in [-0.1, -0.05) is 42.5 Å². The fourth-order valence-corrected chi connectivity index (χ4v) is 1.73. The van der Waals surface area contributed by atoms with E-state index < -0.39 is 11.9 Å². The van der Waals surface area contributed by atoms with Gasteiger partial charge in [0.15, 0.2) is 0 Å². The van der Waals surface area contributed by atoms with Crippen molar-refractivity contribution < 1.29 is 9.90 Å². The van der Waals surface area contributed by atoms with E-state index in [1.54, 1.807) is 17.8 Å². The molecule has 0 aliphatic heterocycles. The molecule has 1 N–H and O–H groups in total. The minimum Gasteiger partial charge on any atom is -0.481 e. The highest BCUT2D eigenvalue weighted by Gasteiger charge is 2.15. The van der Waals surface area contributed by atoms with Gasteiger partial charge in [0, 0.05) is 6.42 Å². The van der Waals surface area contributed by atoms with Crippen LogP contribution < -0.4 is 0 Å². The summed E-state index contributed by atoms with van der Waals surface area (Å²) in [4.78, 5) is 10.8. The summed E-state index contributed by atoms with van der Waals surface area (Å²) in [6, 6.07) is 9.90. The number of nitrogens with zero attached hydrogens (tertiary/aromatic N) is 3. The Kier molecular flexibility index (Phi) is 3.72. The Morgan fingerprint density at radius 3 is 2.78 bits per heavy atom. The van der Waals surface area contributed by atoms with Gasteiger partial charge in [-0.3, -0.25) is 4.79 Å². The van der Waals surface area contributed by atoms with Crippen LogP contribution in [-0.2, 0) is 17.8 Å². The second-order valence-corrected chi connectivity index (χ2v) is 4.31. The smallest absolute Gasteiger partial charge is 0.306 e. The largest absolute Gasteiger partial charge is 0.481 e. The fraction of sp³-hybridized carbons (Fsp3) is 0.308. The van der Waals surface area contributed by atoms with Crippen molar-refractivity contribution in [3.8, 4) is 0 Å². The maximum absolute atomic E-state index is 10.8. The molecule has 0 saturated heterocycles. The van der Waals surface area contributed by atoms with Crippen molar-refractivity contribution in [3.05, 3.63) is 47.8 Å². The standard InChI is InChI=1S/C13H15N3O2/c1-10(13(17)18)7-12-8-14-15-16(12)9-11-5-3-2-4-6-11/h2-6,8,10H,7,9H2,1H3,(H,17,18). The van der Waals surface area contributed by atoms with Crippen LogP contribution in [0.1, 0.15) is 18.2 Å². The van der Waals surface area contributed by atoms with Gasteiger partial charge in [-0.2, -0.15) is 0 Å². The maximum atomic E-state index is 10.8. The highest BCUT2D eigenvalue weighted by Crippen LogP contribution is 2.09. The summed E-state index contributed by atoms with van der Waals surface area (Å²) < 4.78 is 1.74. The van der Waals surface area contributed by atoms with E-state index in [0.29, 0.717) is 13.0 Å². The molecule has 1 aromatic heterocycles. The molecule has 2 rings (SSSR count). The molecular formula is C13H15N3O2. The third kappa shape index (κ3) is 2.94. The van der Waals surface area contributed by atoms with Gasteiger partial charge < -0.3 is 5.11 Å². The first kappa shape index (κ1) is 12.3. The highest BCUT2D eigenvalue weighted by atomic mass is 16.4. The SMILES string of the molecule is CC(Cc1cnnn1Cc1ccccc1)C(=O)O. The van der Waals surface area contributed by atoms with Crippen LogP contribution in [0.4, 0.5) is 0 Å². The molecule has 0 saturated carbocycles. The lowest BCUT2D eigenvalue weighted by Crippen LogP contribution is -2.16. The predicted molar refractivity (Wildman–Crippen MR) is 66.1 cm³/mol. The average molecular weight is 245 g/mol. The van der Waals surface area contributed by atoms with Crippen LogP contribution in [0.5, 0.6) is 0 Å². The van der Waals surface area contributed by atoms with Gasteiger partial charge >= 0.3 is 5.97 Å². The number of rotatable bonds is 5. The number of carbonyl (C=O) groups is 1. The Morgan fingerprint density at radius 1 is 1.39 bits per heavy atom. The van der Waals surface area contributed by atoms with E-state index in [0.717, 1.165) is 11.3 Å². The molecule has 0 aliphatic carbocycles. The lowest BCUT2D eigenvalue weighted by atomic mass is 10.1. The average Bonchev–Trinajstić information content (AvgIpc) is 2.78. The number of benzene rings is 1. The van der Waals surface area contributed by atoms with E-state index in [2.05, 4.69) is 10.3 Å². The minimum atomic E-state index is -0.803. The van der Waals surface area contributed by atoms with E-state index in [1.165, 1.54) is 0 Å². The number of hydrogen-bond acceptors (Lipinski definition) is 3. The first-order valence-corrected chi connectivity index (χ1v) is 5.81. The highest BCUT2D eigenvalue weighted by molar-refractivity contribution is 5.69. The Balaban J connectivity index is 2.11. The minimum absolute atomic E-state index is 0.432. The third-order valence-corrected chi connectivity index (χ3v) is 2.81. The van der Waals surface area contributed by atoms with Gasteiger partial charge in [0.1, 0.15) is 0 Å². The van der Waals surface area contributed by atoms with Gasteiger partial charge in [-0.15, -0.1) is 5.10 Å². The van der Waals surface area contributed by atoms with Crippen molar-refractivity contribution in [1.29, 1.82) is 0 Å². The molecule has 0 spiro atoms. The quantitative estimate of drug-likeness (QED) is 0.868. The Morgan fingerprint density at radius 2 is 2.11 bits per heavy atom. The molecule has 0 fully saturated rings. The van der Waals surface area contributed by atoms with Crippen molar-refractivity contribution in [3.63, 3.8) is 0 Å². The molecule has 0 bridgehead atoms. The molecule has 1 aromatic carbocycles.